The molecule has 0 spiro atoms. The lowest BCUT2D eigenvalue weighted by molar-refractivity contribution is 0.0456. The predicted octanol–water partition coefficient (Wildman–Crippen LogP) is 5.48. The van der Waals surface area contributed by atoms with Crippen LogP contribution in [0.2, 0.25) is 5.02 Å². The fraction of sp³-hybridized carbons (Fsp3) is 0.571. The summed E-state index contributed by atoms with van der Waals surface area (Å²) in [6.07, 6.45) is 7.71. The largest absolute Gasteiger partial charge is 0.383 e. The van der Waals surface area contributed by atoms with Gasteiger partial charge in [-0.05, 0) is 69.2 Å². The molecule has 1 saturated carbocycles. The van der Waals surface area contributed by atoms with Crippen molar-refractivity contribution in [3.63, 3.8) is 0 Å². The average molecular weight is 512 g/mol. The third-order valence-corrected chi connectivity index (χ3v) is 7.66. The molecule has 7 nitrogen and oxygen atoms in total. The first kappa shape index (κ1) is 26.7. The maximum Gasteiger partial charge on any atom is 0.126 e. The quantitative estimate of drug-likeness (QED) is 0.389. The molecule has 8 heteroatoms. The monoisotopic (exact) mass is 511 g/mol. The Morgan fingerprint density at radius 1 is 1.19 bits per heavy atom. The molecule has 1 aromatic carbocycles. The van der Waals surface area contributed by atoms with Crippen molar-refractivity contribution < 1.29 is 9.47 Å². The molecule has 2 heterocycles. The summed E-state index contributed by atoms with van der Waals surface area (Å²) in [5.41, 5.74) is 2.57. The Morgan fingerprint density at radius 2 is 1.94 bits per heavy atom. The standard InChI is InChI=1S/C28H38ClN5O2/c1-20(17-35-2)33-22-6-8-23(9-7-22)34-27-15-25(26(29)16-31-27)21-4-3-5-24(14-21)32-19-28(18-30)10-12-36-13-11-28/h3-5,14-16,20,22-23,32-33H,6-13,17,19H2,1-2H3,(H,31,34)/t20-,22-,23-/m0/s1. The average Bonchev–Trinajstić information content (AvgIpc) is 2.90. The minimum absolute atomic E-state index is 0.373. The summed E-state index contributed by atoms with van der Waals surface area (Å²) < 4.78 is 10.7. The second-order valence-electron chi connectivity index (χ2n) is 10.2. The Labute approximate surface area is 219 Å². The highest BCUT2D eigenvalue weighted by atomic mass is 35.5. The van der Waals surface area contributed by atoms with E-state index in [4.69, 9.17) is 21.1 Å². The third kappa shape index (κ3) is 7.10. The Hall–Kier alpha value is -2.37. The smallest absolute Gasteiger partial charge is 0.126 e. The van der Waals surface area contributed by atoms with Gasteiger partial charge in [0.2, 0.25) is 0 Å². The van der Waals surface area contributed by atoms with Gasteiger partial charge in [-0.2, -0.15) is 5.26 Å². The lowest BCUT2D eigenvalue weighted by atomic mass is 9.81. The third-order valence-electron chi connectivity index (χ3n) is 7.36. The van der Waals surface area contributed by atoms with Gasteiger partial charge >= 0.3 is 0 Å². The molecule has 0 unspecified atom stereocenters. The van der Waals surface area contributed by atoms with Gasteiger partial charge < -0.3 is 25.4 Å². The van der Waals surface area contributed by atoms with Crippen LogP contribution in [0.15, 0.2) is 36.5 Å². The van der Waals surface area contributed by atoms with Gasteiger partial charge in [0.05, 0.1) is 23.1 Å². The van der Waals surface area contributed by atoms with Crippen LogP contribution in [0.4, 0.5) is 11.5 Å². The van der Waals surface area contributed by atoms with Crippen molar-refractivity contribution in [2.24, 2.45) is 5.41 Å². The zero-order valence-corrected chi connectivity index (χ0v) is 22.1. The Bertz CT molecular complexity index is 1030. The summed E-state index contributed by atoms with van der Waals surface area (Å²) in [5, 5.41) is 21.1. The van der Waals surface area contributed by atoms with Crippen LogP contribution in [0, 0.1) is 16.7 Å². The number of hydrogen-bond donors (Lipinski definition) is 3. The highest BCUT2D eigenvalue weighted by Gasteiger charge is 2.32. The highest BCUT2D eigenvalue weighted by molar-refractivity contribution is 6.33. The summed E-state index contributed by atoms with van der Waals surface area (Å²) in [4.78, 5) is 4.55. The van der Waals surface area contributed by atoms with E-state index in [1.54, 1.807) is 13.3 Å². The van der Waals surface area contributed by atoms with E-state index in [9.17, 15) is 5.26 Å². The van der Waals surface area contributed by atoms with E-state index >= 15 is 0 Å². The number of nitriles is 1. The molecule has 194 valence electrons. The first-order valence-electron chi connectivity index (χ1n) is 13.0. The molecule has 2 aliphatic rings. The van der Waals surface area contributed by atoms with Crippen molar-refractivity contribution in [2.75, 3.05) is 44.1 Å². The maximum atomic E-state index is 9.74. The lowest BCUT2D eigenvalue weighted by Gasteiger charge is -2.32. The number of nitrogens with one attached hydrogen (secondary N) is 3. The minimum atomic E-state index is -0.379. The number of anilines is 2. The molecule has 3 N–H and O–H groups in total. The van der Waals surface area contributed by atoms with Gasteiger partial charge in [-0.25, -0.2) is 4.98 Å². The number of pyridine rings is 1. The van der Waals surface area contributed by atoms with Crippen molar-refractivity contribution >= 4 is 23.1 Å². The summed E-state index contributed by atoms with van der Waals surface area (Å²) >= 11 is 6.58. The molecule has 2 fully saturated rings. The minimum Gasteiger partial charge on any atom is -0.383 e. The normalized spacial score (nSPS) is 22.4. The fourth-order valence-corrected chi connectivity index (χ4v) is 5.42. The molecule has 1 aliphatic carbocycles. The number of halogens is 1. The van der Waals surface area contributed by atoms with Crippen LogP contribution in [0.1, 0.15) is 45.4 Å². The lowest BCUT2D eigenvalue weighted by Crippen LogP contribution is -2.42. The van der Waals surface area contributed by atoms with Crippen molar-refractivity contribution in [1.82, 2.24) is 10.3 Å². The number of rotatable bonds is 10. The Balaban J connectivity index is 1.37. The summed E-state index contributed by atoms with van der Waals surface area (Å²) in [6.45, 7) is 4.80. The zero-order valence-electron chi connectivity index (χ0n) is 21.4. The van der Waals surface area contributed by atoms with Gasteiger partial charge in [-0.3, -0.25) is 0 Å². The number of aromatic nitrogens is 1. The zero-order chi connectivity index (χ0) is 25.4. The molecule has 1 atom stereocenters. The van der Waals surface area contributed by atoms with Crippen LogP contribution < -0.4 is 16.0 Å². The van der Waals surface area contributed by atoms with Crippen LogP contribution in [0.25, 0.3) is 11.1 Å². The van der Waals surface area contributed by atoms with Gasteiger partial charge in [0.1, 0.15) is 5.82 Å². The first-order valence-corrected chi connectivity index (χ1v) is 13.4. The van der Waals surface area contributed by atoms with E-state index in [0.29, 0.717) is 42.9 Å². The number of benzene rings is 1. The molecule has 1 saturated heterocycles. The SMILES string of the molecule is COC[C@H](C)N[C@H]1CC[C@H](Nc2cc(-c3cccc(NCC4(C#N)CCOCC4)c3)c(Cl)cn2)CC1. The summed E-state index contributed by atoms with van der Waals surface area (Å²) in [7, 11) is 1.75. The second kappa shape index (κ2) is 12.7. The number of ether oxygens (including phenoxy) is 2. The molecule has 0 radical (unpaired) electrons. The van der Waals surface area contributed by atoms with E-state index in [2.05, 4.69) is 46.1 Å². The van der Waals surface area contributed by atoms with Gasteiger partial charge in [0.15, 0.2) is 0 Å². The van der Waals surface area contributed by atoms with E-state index < -0.39 is 0 Å². The van der Waals surface area contributed by atoms with E-state index in [0.717, 1.165) is 67.8 Å². The second-order valence-corrected chi connectivity index (χ2v) is 10.6. The van der Waals surface area contributed by atoms with Crippen LogP contribution >= 0.6 is 11.6 Å². The molecule has 4 rings (SSSR count). The Kier molecular flexibility index (Phi) is 9.44. The van der Waals surface area contributed by atoms with E-state index in [1.165, 1.54) is 0 Å². The van der Waals surface area contributed by atoms with E-state index in [-0.39, 0.29) is 5.41 Å². The van der Waals surface area contributed by atoms with Gasteiger partial charge in [0, 0.05) is 62.4 Å². The maximum absolute atomic E-state index is 9.74. The molecular formula is C28H38ClN5O2. The number of nitrogens with zero attached hydrogens (tertiary/aromatic N) is 2. The van der Waals surface area contributed by atoms with Crippen molar-refractivity contribution in [1.29, 1.82) is 5.26 Å². The van der Waals surface area contributed by atoms with Gasteiger partial charge in [0.25, 0.3) is 0 Å². The molecule has 36 heavy (non-hydrogen) atoms. The highest BCUT2D eigenvalue weighted by Crippen LogP contribution is 2.33. The molecule has 1 aliphatic heterocycles. The summed E-state index contributed by atoms with van der Waals surface area (Å²) in [5.74, 6) is 0.850. The molecule has 1 aromatic heterocycles. The molecule has 0 amide bonds. The topological polar surface area (TPSA) is 91.2 Å². The van der Waals surface area contributed by atoms with Crippen molar-refractivity contribution in [2.45, 2.75) is 63.6 Å². The molecule has 2 aromatic rings. The fourth-order valence-electron chi connectivity index (χ4n) is 5.21. The van der Waals surface area contributed by atoms with Gasteiger partial charge in [-0.15, -0.1) is 0 Å². The van der Waals surface area contributed by atoms with Crippen LogP contribution in [-0.4, -0.2) is 56.6 Å². The van der Waals surface area contributed by atoms with Crippen LogP contribution in [-0.2, 0) is 9.47 Å². The molecular weight excluding hydrogens is 474 g/mol. The van der Waals surface area contributed by atoms with Crippen LogP contribution in [0.3, 0.4) is 0 Å². The van der Waals surface area contributed by atoms with Gasteiger partial charge in [-0.1, -0.05) is 23.7 Å². The Morgan fingerprint density at radius 3 is 2.67 bits per heavy atom. The predicted molar refractivity (Wildman–Crippen MR) is 145 cm³/mol. The summed E-state index contributed by atoms with van der Waals surface area (Å²) in [6, 6.07) is 14.1. The van der Waals surface area contributed by atoms with E-state index in [1.807, 2.05) is 18.2 Å². The van der Waals surface area contributed by atoms with Crippen LogP contribution in [0.5, 0.6) is 0 Å². The van der Waals surface area contributed by atoms with Crippen molar-refractivity contribution in [3.8, 4) is 17.2 Å². The van der Waals surface area contributed by atoms with Crippen molar-refractivity contribution in [3.05, 3.63) is 41.6 Å². The number of hydrogen-bond acceptors (Lipinski definition) is 7. The molecule has 0 bridgehead atoms. The number of methoxy groups -OCH3 is 1. The first-order chi connectivity index (χ1) is 17.5.